The van der Waals surface area contributed by atoms with Crippen LogP contribution in [-0.2, 0) is 5.41 Å². The van der Waals surface area contributed by atoms with Gasteiger partial charge in [0.05, 0.1) is 10.7 Å². The molecule has 0 saturated heterocycles. The van der Waals surface area contributed by atoms with Gasteiger partial charge in [0.15, 0.2) is 0 Å². The minimum absolute atomic E-state index is 0.0390. The summed E-state index contributed by atoms with van der Waals surface area (Å²) in [6, 6.07) is 17.6. The van der Waals surface area contributed by atoms with Gasteiger partial charge in [-0.1, -0.05) is 73.3 Å². The van der Waals surface area contributed by atoms with E-state index in [0.29, 0.717) is 17.3 Å². The number of para-hydroxylation sites is 1. The normalized spacial score (nSPS) is 16.4. The van der Waals surface area contributed by atoms with Crippen LogP contribution in [-0.4, -0.2) is 12.6 Å². The number of hydrogen-bond donors (Lipinski definition) is 2. The molecule has 24 heavy (non-hydrogen) atoms. The molecule has 0 aliphatic heterocycles. The van der Waals surface area contributed by atoms with Crippen molar-refractivity contribution in [1.82, 2.24) is 5.32 Å². The topological polar surface area (TPSA) is 41.1 Å². The average molecular weight is 343 g/mol. The van der Waals surface area contributed by atoms with Crippen LogP contribution in [0.1, 0.15) is 37.7 Å². The Morgan fingerprint density at radius 3 is 2.33 bits per heavy atom. The highest BCUT2D eigenvalue weighted by Gasteiger charge is 2.34. The molecule has 1 aliphatic rings. The highest BCUT2D eigenvalue weighted by Crippen LogP contribution is 2.38. The summed E-state index contributed by atoms with van der Waals surface area (Å²) in [6.07, 6.45) is 5.93. The molecular weight excluding hydrogens is 320 g/mol. The van der Waals surface area contributed by atoms with Gasteiger partial charge in [0, 0.05) is 12.0 Å². The molecule has 2 amide bonds. The summed E-state index contributed by atoms with van der Waals surface area (Å²) in [5.41, 5.74) is 1.99. The Kier molecular flexibility index (Phi) is 5.41. The molecule has 2 aromatic carbocycles. The number of amides is 2. The number of carbonyl (C=O) groups is 1. The lowest BCUT2D eigenvalue weighted by Gasteiger charge is -2.38. The Bertz CT molecular complexity index is 681. The lowest BCUT2D eigenvalue weighted by Crippen LogP contribution is -2.43. The predicted molar refractivity (Wildman–Crippen MR) is 99.7 cm³/mol. The van der Waals surface area contributed by atoms with Crippen LogP contribution in [0.3, 0.4) is 0 Å². The molecule has 0 bridgehead atoms. The second-order valence-electron chi connectivity index (χ2n) is 6.49. The van der Waals surface area contributed by atoms with E-state index in [1.807, 2.05) is 18.2 Å². The van der Waals surface area contributed by atoms with Gasteiger partial charge in [-0.05, 0) is 30.5 Å². The van der Waals surface area contributed by atoms with Crippen molar-refractivity contribution in [3.8, 4) is 0 Å². The number of nitrogens with one attached hydrogen (secondary N) is 2. The number of urea groups is 1. The molecule has 126 valence electrons. The second kappa shape index (κ2) is 7.71. The van der Waals surface area contributed by atoms with Crippen LogP contribution in [0, 0.1) is 0 Å². The molecule has 2 aromatic rings. The van der Waals surface area contributed by atoms with Gasteiger partial charge in [-0.3, -0.25) is 0 Å². The molecule has 0 spiro atoms. The van der Waals surface area contributed by atoms with Gasteiger partial charge in [-0.25, -0.2) is 4.79 Å². The maximum atomic E-state index is 12.3. The summed E-state index contributed by atoms with van der Waals surface area (Å²) in [7, 11) is 0. The van der Waals surface area contributed by atoms with Crippen LogP contribution in [0.4, 0.5) is 10.5 Å². The van der Waals surface area contributed by atoms with E-state index >= 15 is 0 Å². The zero-order valence-electron chi connectivity index (χ0n) is 13.7. The van der Waals surface area contributed by atoms with Crippen LogP contribution in [0.25, 0.3) is 0 Å². The van der Waals surface area contributed by atoms with Gasteiger partial charge in [0.2, 0.25) is 0 Å². The molecule has 0 heterocycles. The maximum absolute atomic E-state index is 12.3. The zero-order chi connectivity index (χ0) is 16.8. The number of benzene rings is 2. The third-order valence-electron chi connectivity index (χ3n) is 4.91. The molecule has 0 aromatic heterocycles. The quantitative estimate of drug-likeness (QED) is 0.771. The average Bonchev–Trinajstić information content (AvgIpc) is 2.63. The minimum Gasteiger partial charge on any atom is -0.337 e. The van der Waals surface area contributed by atoms with Gasteiger partial charge in [0.1, 0.15) is 0 Å². The summed E-state index contributed by atoms with van der Waals surface area (Å²) in [6.45, 7) is 0.646. The molecule has 0 radical (unpaired) electrons. The first-order valence-electron chi connectivity index (χ1n) is 8.55. The highest BCUT2D eigenvalue weighted by atomic mass is 35.5. The first-order chi connectivity index (χ1) is 11.7. The van der Waals surface area contributed by atoms with E-state index < -0.39 is 0 Å². The fourth-order valence-electron chi connectivity index (χ4n) is 3.57. The van der Waals surface area contributed by atoms with E-state index in [4.69, 9.17) is 11.6 Å². The number of hydrogen-bond acceptors (Lipinski definition) is 1. The van der Waals surface area contributed by atoms with Crippen LogP contribution in [0.5, 0.6) is 0 Å². The lowest BCUT2D eigenvalue weighted by atomic mass is 9.69. The Morgan fingerprint density at radius 2 is 1.62 bits per heavy atom. The van der Waals surface area contributed by atoms with Crippen molar-refractivity contribution >= 4 is 23.3 Å². The van der Waals surface area contributed by atoms with Gasteiger partial charge < -0.3 is 10.6 Å². The number of rotatable bonds is 4. The number of anilines is 1. The van der Waals surface area contributed by atoms with Crippen LogP contribution < -0.4 is 10.6 Å². The summed E-state index contributed by atoms with van der Waals surface area (Å²) < 4.78 is 0. The van der Waals surface area contributed by atoms with Gasteiger partial charge in [-0.15, -0.1) is 0 Å². The maximum Gasteiger partial charge on any atom is 0.319 e. The molecule has 4 heteroatoms. The molecular formula is C20H23ClN2O. The third kappa shape index (κ3) is 3.90. The summed E-state index contributed by atoms with van der Waals surface area (Å²) >= 11 is 6.10. The Balaban J connectivity index is 1.68. The van der Waals surface area contributed by atoms with Crippen LogP contribution in [0.15, 0.2) is 54.6 Å². The number of carbonyl (C=O) groups excluding carboxylic acids is 1. The Hall–Kier alpha value is -2.00. The lowest BCUT2D eigenvalue weighted by molar-refractivity contribution is 0.240. The first kappa shape index (κ1) is 16.8. The standard InChI is InChI=1S/C20H23ClN2O/c21-17-11-5-6-12-18(17)23-19(24)22-15-20(13-7-2-8-14-20)16-9-3-1-4-10-16/h1,3-6,9-12H,2,7-8,13-15H2,(H2,22,23,24). The molecule has 1 aliphatic carbocycles. The fraction of sp³-hybridized carbons (Fsp3) is 0.350. The van der Waals surface area contributed by atoms with E-state index in [1.54, 1.807) is 12.1 Å². The van der Waals surface area contributed by atoms with Crippen molar-refractivity contribution in [2.75, 3.05) is 11.9 Å². The van der Waals surface area contributed by atoms with Gasteiger partial charge in [0.25, 0.3) is 0 Å². The van der Waals surface area contributed by atoms with E-state index in [0.717, 1.165) is 12.8 Å². The number of halogens is 1. The summed E-state index contributed by atoms with van der Waals surface area (Å²) in [4.78, 5) is 12.3. The van der Waals surface area contributed by atoms with Crippen LogP contribution in [0.2, 0.25) is 5.02 Å². The Labute approximate surface area is 148 Å². The van der Waals surface area contributed by atoms with Gasteiger partial charge in [-0.2, -0.15) is 0 Å². The molecule has 0 unspecified atom stereocenters. The van der Waals surface area contributed by atoms with E-state index in [9.17, 15) is 4.79 Å². The molecule has 3 nitrogen and oxygen atoms in total. The van der Waals surface area contributed by atoms with Crippen molar-refractivity contribution in [3.05, 3.63) is 65.2 Å². The molecule has 0 atom stereocenters. The predicted octanol–water partition coefficient (Wildman–Crippen LogP) is 5.36. The Morgan fingerprint density at radius 1 is 0.958 bits per heavy atom. The van der Waals surface area contributed by atoms with E-state index in [2.05, 4.69) is 34.9 Å². The van der Waals surface area contributed by atoms with Crippen LogP contribution >= 0.6 is 11.6 Å². The molecule has 3 rings (SSSR count). The molecule has 1 saturated carbocycles. The smallest absolute Gasteiger partial charge is 0.319 e. The van der Waals surface area contributed by atoms with Crippen molar-refractivity contribution in [2.24, 2.45) is 0 Å². The van der Waals surface area contributed by atoms with Crippen molar-refractivity contribution in [1.29, 1.82) is 0 Å². The fourth-order valence-corrected chi connectivity index (χ4v) is 3.75. The molecule has 2 N–H and O–H groups in total. The SMILES string of the molecule is O=C(NCC1(c2ccccc2)CCCCC1)Nc1ccccc1Cl. The molecule has 1 fully saturated rings. The van der Waals surface area contributed by atoms with Crippen molar-refractivity contribution in [2.45, 2.75) is 37.5 Å². The highest BCUT2D eigenvalue weighted by molar-refractivity contribution is 6.33. The van der Waals surface area contributed by atoms with Crippen molar-refractivity contribution < 1.29 is 4.79 Å². The zero-order valence-corrected chi connectivity index (χ0v) is 14.5. The third-order valence-corrected chi connectivity index (χ3v) is 5.24. The monoisotopic (exact) mass is 342 g/mol. The van der Waals surface area contributed by atoms with Gasteiger partial charge >= 0.3 is 6.03 Å². The summed E-state index contributed by atoms with van der Waals surface area (Å²) in [5.74, 6) is 0. The van der Waals surface area contributed by atoms with E-state index in [-0.39, 0.29) is 11.4 Å². The summed E-state index contributed by atoms with van der Waals surface area (Å²) in [5, 5.41) is 6.44. The van der Waals surface area contributed by atoms with Crippen molar-refractivity contribution in [3.63, 3.8) is 0 Å². The van der Waals surface area contributed by atoms with E-state index in [1.165, 1.54) is 24.8 Å². The minimum atomic E-state index is -0.205. The second-order valence-corrected chi connectivity index (χ2v) is 6.90. The largest absolute Gasteiger partial charge is 0.337 e. The first-order valence-corrected chi connectivity index (χ1v) is 8.92.